The van der Waals surface area contributed by atoms with Crippen molar-refractivity contribution in [3.8, 4) is 0 Å². The van der Waals surface area contributed by atoms with Crippen LogP contribution in [0.2, 0.25) is 0 Å². The summed E-state index contributed by atoms with van der Waals surface area (Å²) in [5.74, 6) is 0.134. The fourth-order valence-electron chi connectivity index (χ4n) is 2.91. The maximum atomic E-state index is 12.8. The highest BCUT2D eigenvalue weighted by atomic mass is 32.1. The number of rotatable bonds is 5. The molecule has 0 bridgehead atoms. The van der Waals surface area contributed by atoms with Crippen molar-refractivity contribution in [1.29, 1.82) is 0 Å². The van der Waals surface area contributed by atoms with E-state index in [2.05, 4.69) is 37.3 Å². The highest BCUT2D eigenvalue weighted by molar-refractivity contribution is 7.12. The number of hydrogen-bond acceptors (Lipinski definition) is 2. The topological polar surface area (TPSA) is 20.3 Å². The van der Waals surface area contributed by atoms with Gasteiger partial charge in [-0.15, -0.1) is 11.3 Å². The Hall–Kier alpha value is -2.39. The Labute approximate surface area is 147 Å². The summed E-state index contributed by atoms with van der Waals surface area (Å²) in [5.41, 5.74) is 2.25. The summed E-state index contributed by atoms with van der Waals surface area (Å²) in [6, 6.07) is 24.5. The molecule has 0 unspecified atom stereocenters. The standard InChI is InChI=1S/C21H21NOS/c1-16-13-14-19(24-16)15-20(23)22(2)21(17-9-5-3-6-10-17)18-11-7-4-8-12-18/h3-14,21H,15H2,1-2H3. The van der Waals surface area contributed by atoms with E-state index in [9.17, 15) is 4.79 Å². The summed E-state index contributed by atoms with van der Waals surface area (Å²) in [4.78, 5) is 17.1. The quantitative estimate of drug-likeness (QED) is 0.653. The number of aryl methyl sites for hydroxylation is 1. The minimum absolute atomic E-state index is 0.0686. The largest absolute Gasteiger partial charge is 0.334 e. The first kappa shape index (κ1) is 16.5. The fourth-order valence-corrected chi connectivity index (χ4v) is 3.79. The van der Waals surface area contributed by atoms with E-state index in [-0.39, 0.29) is 11.9 Å². The van der Waals surface area contributed by atoms with Crippen LogP contribution in [0.4, 0.5) is 0 Å². The molecule has 1 heterocycles. The van der Waals surface area contributed by atoms with Gasteiger partial charge in [0, 0.05) is 16.8 Å². The Kier molecular flexibility index (Phi) is 5.11. The van der Waals surface area contributed by atoms with E-state index in [0.29, 0.717) is 6.42 Å². The predicted octanol–water partition coefficient (Wildman–Crippen LogP) is 4.85. The van der Waals surface area contributed by atoms with Gasteiger partial charge in [-0.25, -0.2) is 0 Å². The molecule has 0 saturated heterocycles. The fraction of sp³-hybridized carbons (Fsp3) is 0.190. The van der Waals surface area contributed by atoms with Gasteiger partial charge < -0.3 is 4.90 Å². The molecule has 0 radical (unpaired) electrons. The molecular weight excluding hydrogens is 314 g/mol. The molecule has 122 valence electrons. The van der Waals surface area contributed by atoms with Gasteiger partial charge in [0.2, 0.25) is 5.91 Å². The molecule has 24 heavy (non-hydrogen) atoms. The molecule has 0 aliphatic rings. The second-order valence-corrected chi connectivity index (χ2v) is 7.29. The van der Waals surface area contributed by atoms with Gasteiger partial charge >= 0.3 is 0 Å². The van der Waals surface area contributed by atoms with Crippen LogP contribution in [-0.4, -0.2) is 17.9 Å². The minimum Gasteiger partial charge on any atom is -0.334 e. The molecule has 3 heteroatoms. The van der Waals surface area contributed by atoms with Crippen molar-refractivity contribution >= 4 is 17.2 Å². The Morgan fingerprint density at radius 1 is 0.917 bits per heavy atom. The Bertz CT molecular complexity index is 755. The lowest BCUT2D eigenvalue weighted by Crippen LogP contribution is -2.33. The molecule has 0 N–H and O–H groups in total. The van der Waals surface area contributed by atoms with Crippen LogP contribution in [0.1, 0.15) is 26.9 Å². The lowest BCUT2D eigenvalue weighted by Gasteiger charge is -2.29. The van der Waals surface area contributed by atoms with E-state index in [1.807, 2.05) is 54.4 Å². The number of likely N-dealkylation sites (N-methyl/N-ethyl adjacent to an activating group) is 1. The molecule has 0 saturated carbocycles. The molecule has 2 aromatic carbocycles. The molecular formula is C21H21NOS. The summed E-state index contributed by atoms with van der Waals surface area (Å²) in [6.45, 7) is 2.07. The van der Waals surface area contributed by atoms with Gasteiger partial charge in [0.15, 0.2) is 0 Å². The van der Waals surface area contributed by atoms with E-state index in [1.54, 1.807) is 11.3 Å². The molecule has 3 aromatic rings. The zero-order valence-corrected chi connectivity index (χ0v) is 14.8. The predicted molar refractivity (Wildman–Crippen MR) is 100 cm³/mol. The van der Waals surface area contributed by atoms with Crippen molar-refractivity contribution in [3.05, 3.63) is 93.7 Å². The van der Waals surface area contributed by atoms with Crippen molar-refractivity contribution in [2.24, 2.45) is 0 Å². The first-order chi connectivity index (χ1) is 11.6. The van der Waals surface area contributed by atoms with Crippen molar-refractivity contribution in [2.75, 3.05) is 7.05 Å². The molecule has 1 amide bonds. The number of thiophene rings is 1. The van der Waals surface area contributed by atoms with Crippen LogP contribution in [0.15, 0.2) is 72.8 Å². The van der Waals surface area contributed by atoms with Crippen LogP contribution in [0.5, 0.6) is 0 Å². The monoisotopic (exact) mass is 335 g/mol. The van der Waals surface area contributed by atoms with Crippen LogP contribution in [0.3, 0.4) is 0 Å². The SMILES string of the molecule is Cc1ccc(CC(=O)N(C)C(c2ccccc2)c2ccccc2)s1. The van der Waals surface area contributed by atoms with Crippen molar-refractivity contribution < 1.29 is 4.79 Å². The summed E-state index contributed by atoms with van der Waals surface area (Å²) in [7, 11) is 1.90. The average Bonchev–Trinajstić information content (AvgIpc) is 3.02. The third-order valence-electron chi connectivity index (χ3n) is 4.13. The first-order valence-corrected chi connectivity index (χ1v) is 8.87. The lowest BCUT2D eigenvalue weighted by molar-refractivity contribution is -0.130. The van der Waals surface area contributed by atoms with Crippen LogP contribution >= 0.6 is 11.3 Å². The van der Waals surface area contributed by atoms with Crippen LogP contribution in [0, 0.1) is 6.92 Å². The van der Waals surface area contributed by atoms with Gasteiger partial charge in [0.1, 0.15) is 0 Å². The highest BCUT2D eigenvalue weighted by Crippen LogP contribution is 2.28. The number of carbonyl (C=O) groups is 1. The van der Waals surface area contributed by atoms with Gasteiger partial charge in [-0.3, -0.25) is 4.79 Å². The zero-order chi connectivity index (χ0) is 16.9. The molecule has 0 spiro atoms. The Morgan fingerprint density at radius 2 is 1.46 bits per heavy atom. The molecule has 3 rings (SSSR count). The molecule has 0 aliphatic carbocycles. The lowest BCUT2D eigenvalue weighted by atomic mass is 9.97. The molecule has 0 fully saturated rings. The molecule has 2 nitrogen and oxygen atoms in total. The number of benzene rings is 2. The Morgan fingerprint density at radius 3 is 1.92 bits per heavy atom. The maximum Gasteiger partial charge on any atom is 0.228 e. The zero-order valence-electron chi connectivity index (χ0n) is 14.0. The number of hydrogen-bond donors (Lipinski definition) is 0. The molecule has 0 atom stereocenters. The summed E-state index contributed by atoms with van der Waals surface area (Å²) in [6.07, 6.45) is 0.450. The third-order valence-corrected chi connectivity index (χ3v) is 5.13. The van der Waals surface area contributed by atoms with Crippen LogP contribution in [0.25, 0.3) is 0 Å². The number of carbonyl (C=O) groups excluding carboxylic acids is 1. The summed E-state index contributed by atoms with van der Waals surface area (Å²) >= 11 is 1.69. The van der Waals surface area contributed by atoms with E-state index < -0.39 is 0 Å². The van der Waals surface area contributed by atoms with Gasteiger partial charge in [-0.1, -0.05) is 60.7 Å². The molecule has 0 aliphatic heterocycles. The van der Waals surface area contributed by atoms with Gasteiger partial charge in [0.05, 0.1) is 12.5 Å². The second-order valence-electron chi connectivity index (χ2n) is 5.92. The van der Waals surface area contributed by atoms with E-state index >= 15 is 0 Å². The van der Waals surface area contributed by atoms with E-state index in [1.165, 1.54) is 4.88 Å². The maximum absolute atomic E-state index is 12.8. The highest BCUT2D eigenvalue weighted by Gasteiger charge is 2.23. The van der Waals surface area contributed by atoms with Gasteiger partial charge in [-0.05, 0) is 30.2 Å². The van der Waals surface area contributed by atoms with Crippen LogP contribution in [-0.2, 0) is 11.2 Å². The van der Waals surface area contributed by atoms with Crippen LogP contribution < -0.4 is 0 Å². The van der Waals surface area contributed by atoms with Gasteiger partial charge in [-0.2, -0.15) is 0 Å². The average molecular weight is 335 g/mol. The molecule has 1 aromatic heterocycles. The van der Waals surface area contributed by atoms with E-state index in [0.717, 1.165) is 16.0 Å². The second kappa shape index (κ2) is 7.45. The summed E-state index contributed by atoms with van der Waals surface area (Å²) in [5, 5.41) is 0. The number of amides is 1. The number of nitrogens with zero attached hydrogens (tertiary/aromatic N) is 1. The normalized spacial score (nSPS) is 10.8. The van der Waals surface area contributed by atoms with Gasteiger partial charge in [0.25, 0.3) is 0 Å². The summed E-state index contributed by atoms with van der Waals surface area (Å²) < 4.78 is 0. The first-order valence-electron chi connectivity index (χ1n) is 8.06. The van der Waals surface area contributed by atoms with Crippen molar-refractivity contribution in [1.82, 2.24) is 4.90 Å². The minimum atomic E-state index is -0.0686. The van der Waals surface area contributed by atoms with Crippen molar-refractivity contribution in [2.45, 2.75) is 19.4 Å². The smallest absolute Gasteiger partial charge is 0.228 e. The third kappa shape index (κ3) is 3.74. The Balaban J connectivity index is 1.89. The van der Waals surface area contributed by atoms with Crippen molar-refractivity contribution in [3.63, 3.8) is 0 Å². The van der Waals surface area contributed by atoms with E-state index in [4.69, 9.17) is 0 Å².